The van der Waals surface area contributed by atoms with Crippen LogP contribution in [0, 0.1) is 6.92 Å². The van der Waals surface area contributed by atoms with Crippen LogP contribution in [-0.2, 0) is 13.0 Å². The minimum atomic E-state index is -0.221. The van der Waals surface area contributed by atoms with Gasteiger partial charge in [0.05, 0.1) is 12.2 Å². The summed E-state index contributed by atoms with van der Waals surface area (Å²) in [6.07, 6.45) is 30.1. The second-order valence-electron chi connectivity index (χ2n) is 14.4. The second kappa shape index (κ2) is 27.4. The molecule has 3 rings (SSSR count). The van der Waals surface area contributed by atoms with Gasteiger partial charge in [-0.05, 0) is 106 Å². The third kappa shape index (κ3) is 19.2. The van der Waals surface area contributed by atoms with E-state index in [0.29, 0.717) is 12.2 Å². The van der Waals surface area contributed by atoms with Gasteiger partial charge in [-0.25, -0.2) is 0 Å². The number of rotatable bonds is 24. The molecule has 0 fully saturated rings. The van der Waals surface area contributed by atoms with Crippen molar-refractivity contribution < 1.29 is 0 Å². The molecular formula is C45H71N5. The van der Waals surface area contributed by atoms with Gasteiger partial charge in [0.25, 0.3) is 0 Å². The Hall–Kier alpha value is -3.34. The van der Waals surface area contributed by atoms with Gasteiger partial charge in [-0.3, -0.25) is 4.99 Å². The lowest BCUT2D eigenvalue weighted by molar-refractivity contribution is 0.533. The van der Waals surface area contributed by atoms with Crippen molar-refractivity contribution in [3.05, 3.63) is 83.0 Å². The van der Waals surface area contributed by atoms with E-state index in [9.17, 15) is 0 Å². The molecule has 1 aliphatic rings. The lowest BCUT2D eigenvalue weighted by Crippen LogP contribution is -2.20. The number of hydrogen-bond donors (Lipinski definition) is 1. The third-order valence-electron chi connectivity index (χ3n) is 9.65. The summed E-state index contributed by atoms with van der Waals surface area (Å²) in [5, 5.41) is 9.33. The highest BCUT2D eigenvalue weighted by Gasteiger charge is 2.17. The van der Waals surface area contributed by atoms with E-state index in [2.05, 4.69) is 61.5 Å². The van der Waals surface area contributed by atoms with E-state index in [1.807, 2.05) is 31.2 Å². The smallest absolute Gasteiger partial charge is 0.129 e. The van der Waals surface area contributed by atoms with Crippen molar-refractivity contribution in [3.8, 4) is 0 Å². The maximum Gasteiger partial charge on any atom is 0.129 e. The van der Waals surface area contributed by atoms with Crippen LogP contribution in [0.2, 0.25) is 0 Å². The average Bonchev–Trinajstić information content (AvgIpc) is 3.10. The van der Waals surface area contributed by atoms with Crippen molar-refractivity contribution in [2.45, 2.75) is 168 Å². The summed E-state index contributed by atoms with van der Waals surface area (Å²) in [6, 6.07) is 14.3. The van der Waals surface area contributed by atoms with Crippen LogP contribution in [0.25, 0.3) is 0 Å². The van der Waals surface area contributed by atoms with Crippen LogP contribution in [0.3, 0.4) is 0 Å². The fourth-order valence-corrected chi connectivity index (χ4v) is 6.70. The number of unbranched alkanes of at least 4 members (excludes halogenated alkanes) is 14. The van der Waals surface area contributed by atoms with Gasteiger partial charge in [0.15, 0.2) is 0 Å². The van der Waals surface area contributed by atoms with Gasteiger partial charge in [-0.1, -0.05) is 139 Å². The SMILES string of the molecule is C=C(C)C(N=Nc1cccc(N)c1)C(CCCCCCCCCCCCCCCCC)=NCc1ccc(CC2=CCCCC2)c(C)c1.C=NC. The monoisotopic (exact) mass is 682 g/mol. The predicted octanol–water partition coefficient (Wildman–Crippen LogP) is 13.9. The number of nitrogens with zero attached hydrogens (tertiary/aromatic N) is 4. The fourth-order valence-electron chi connectivity index (χ4n) is 6.70. The lowest BCUT2D eigenvalue weighted by atomic mass is 9.92. The van der Waals surface area contributed by atoms with E-state index in [0.717, 1.165) is 36.2 Å². The standard InChI is InChI=1S/C43H66N4.C2H5N/c1-5-6-7-8-9-10-11-12-13-14-15-16-17-18-22-28-42(43(35(2)3)47-46-41-27-23-26-40(44)33-41)45-34-38-29-30-39(36(4)31-38)32-37-24-20-19-21-25-37;1-3-2/h23-24,26-27,29-31,33,43H,2,5-22,25,28,32,34,44H2,1,3-4H3;1H2,2H3. The zero-order valence-electron chi connectivity index (χ0n) is 32.5. The molecule has 0 spiro atoms. The number of azo groups is 1. The third-order valence-corrected chi connectivity index (χ3v) is 9.65. The highest BCUT2D eigenvalue weighted by Crippen LogP contribution is 2.25. The predicted molar refractivity (Wildman–Crippen MR) is 222 cm³/mol. The maximum atomic E-state index is 6.00. The van der Waals surface area contributed by atoms with Crippen LogP contribution in [0.15, 0.2) is 86.5 Å². The van der Waals surface area contributed by atoms with E-state index in [1.54, 1.807) is 12.6 Å². The highest BCUT2D eigenvalue weighted by atomic mass is 15.1. The number of nitrogens with two attached hydrogens (primary N) is 1. The highest BCUT2D eigenvalue weighted by molar-refractivity contribution is 5.92. The van der Waals surface area contributed by atoms with Crippen molar-refractivity contribution in [2.24, 2.45) is 20.2 Å². The zero-order chi connectivity index (χ0) is 36.2. The number of aryl methyl sites for hydroxylation is 1. The summed E-state index contributed by atoms with van der Waals surface area (Å²) < 4.78 is 0. The molecule has 2 N–H and O–H groups in total. The largest absolute Gasteiger partial charge is 0.399 e. The van der Waals surface area contributed by atoms with Gasteiger partial charge in [0.1, 0.15) is 6.04 Å². The number of nitrogen functional groups attached to an aromatic ring is 1. The molecule has 1 atom stereocenters. The Labute approximate surface area is 307 Å². The molecule has 5 nitrogen and oxygen atoms in total. The molecule has 0 amide bonds. The molecule has 0 aliphatic heterocycles. The molecule has 0 aromatic heterocycles. The fraction of sp³-hybridized carbons (Fsp3) is 0.600. The van der Waals surface area contributed by atoms with Crippen molar-refractivity contribution >= 4 is 23.8 Å². The van der Waals surface area contributed by atoms with Crippen LogP contribution in [0.5, 0.6) is 0 Å². The molecule has 0 saturated heterocycles. The van der Waals surface area contributed by atoms with Crippen molar-refractivity contribution in [1.82, 2.24) is 0 Å². The number of hydrogen-bond acceptors (Lipinski definition) is 5. The van der Waals surface area contributed by atoms with Crippen LogP contribution in [0.1, 0.15) is 159 Å². The molecule has 2 aromatic rings. The van der Waals surface area contributed by atoms with E-state index in [1.165, 1.54) is 132 Å². The molecule has 50 heavy (non-hydrogen) atoms. The summed E-state index contributed by atoms with van der Waals surface area (Å²) in [4.78, 5) is 8.45. The van der Waals surface area contributed by atoms with Crippen LogP contribution >= 0.6 is 0 Å². The van der Waals surface area contributed by atoms with Gasteiger partial charge < -0.3 is 10.7 Å². The molecule has 0 bridgehead atoms. The van der Waals surface area contributed by atoms with Crippen LogP contribution in [0.4, 0.5) is 11.4 Å². The number of aliphatic imine (C=N–C) groups is 2. The van der Waals surface area contributed by atoms with E-state index in [4.69, 9.17) is 15.8 Å². The Morgan fingerprint density at radius 1 is 0.840 bits per heavy atom. The van der Waals surface area contributed by atoms with E-state index in [-0.39, 0.29) is 6.04 Å². The topological polar surface area (TPSA) is 75.5 Å². The minimum absolute atomic E-state index is 0.221. The van der Waals surface area contributed by atoms with Gasteiger partial charge in [0.2, 0.25) is 0 Å². The Bertz CT molecular complexity index is 1320. The maximum absolute atomic E-state index is 6.00. The summed E-state index contributed by atoms with van der Waals surface area (Å²) in [6.45, 7) is 14.7. The second-order valence-corrected chi connectivity index (χ2v) is 14.4. The van der Waals surface area contributed by atoms with Crippen molar-refractivity contribution in [2.75, 3.05) is 12.8 Å². The number of anilines is 1. The molecule has 1 unspecified atom stereocenters. The normalized spacial score (nSPS) is 13.8. The molecule has 5 heteroatoms. The Kier molecular flexibility index (Phi) is 23.5. The summed E-state index contributed by atoms with van der Waals surface area (Å²) in [7, 11) is 1.64. The summed E-state index contributed by atoms with van der Waals surface area (Å²) >= 11 is 0. The molecule has 1 aliphatic carbocycles. The van der Waals surface area contributed by atoms with Crippen LogP contribution in [-0.4, -0.2) is 25.5 Å². The van der Waals surface area contributed by atoms with E-state index >= 15 is 0 Å². The number of allylic oxidation sites excluding steroid dienone is 2. The molecule has 2 aromatic carbocycles. The van der Waals surface area contributed by atoms with Crippen LogP contribution < -0.4 is 5.73 Å². The molecule has 0 saturated carbocycles. The van der Waals surface area contributed by atoms with Crippen molar-refractivity contribution in [1.29, 1.82) is 0 Å². The quantitative estimate of drug-likeness (QED) is 0.0387. The molecule has 0 heterocycles. The van der Waals surface area contributed by atoms with Gasteiger partial charge in [-0.15, -0.1) is 0 Å². The molecular weight excluding hydrogens is 611 g/mol. The lowest BCUT2D eigenvalue weighted by Gasteiger charge is -2.16. The first-order valence-corrected chi connectivity index (χ1v) is 19.9. The van der Waals surface area contributed by atoms with Gasteiger partial charge >= 0.3 is 0 Å². The zero-order valence-corrected chi connectivity index (χ0v) is 32.5. The Morgan fingerprint density at radius 3 is 2.00 bits per heavy atom. The first-order valence-electron chi connectivity index (χ1n) is 19.9. The first-order chi connectivity index (χ1) is 24.4. The number of benzene rings is 2. The first kappa shape index (κ1) is 42.8. The van der Waals surface area contributed by atoms with Gasteiger partial charge in [0, 0.05) is 18.4 Å². The van der Waals surface area contributed by atoms with Crippen molar-refractivity contribution in [3.63, 3.8) is 0 Å². The summed E-state index contributed by atoms with van der Waals surface area (Å²) in [5.74, 6) is 0. The van der Waals surface area contributed by atoms with Gasteiger partial charge in [-0.2, -0.15) is 10.2 Å². The average molecular weight is 682 g/mol. The summed E-state index contributed by atoms with van der Waals surface area (Å²) in [5.41, 5.74) is 15.2. The van der Waals surface area contributed by atoms with E-state index < -0.39 is 0 Å². The minimum Gasteiger partial charge on any atom is -0.399 e. The Morgan fingerprint density at radius 2 is 1.46 bits per heavy atom. The molecule has 0 radical (unpaired) electrons. The Balaban J connectivity index is 0.00000278. The molecule has 276 valence electrons.